The Morgan fingerprint density at radius 2 is 1.83 bits per heavy atom. The minimum absolute atomic E-state index is 0.109. The average Bonchev–Trinajstić information content (AvgIpc) is 2.72. The van der Waals surface area contributed by atoms with Crippen LogP contribution in [0.5, 0.6) is 5.75 Å². The molecule has 1 amide bonds. The molecule has 0 aliphatic heterocycles. The lowest BCUT2D eigenvalue weighted by Crippen LogP contribution is -2.31. The molecule has 8 heteroatoms. The molecule has 0 atom stereocenters. The highest BCUT2D eigenvalue weighted by atomic mass is 19.1. The summed E-state index contributed by atoms with van der Waals surface area (Å²) in [6.45, 7) is 0.133. The van der Waals surface area contributed by atoms with Gasteiger partial charge in [-0.25, -0.2) is 8.78 Å². The van der Waals surface area contributed by atoms with E-state index in [0.717, 1.165) is 17.7 Å². The molecule has 29 heavy (non-hydrogen) atoms. The van der Waals surface area contributed by atoms with Gasteiger partial charge in [-0.3, -0.25) is 9.59 Å². The Balaban J connectivity index is 2.13. The van der Waals surface area contributed by atoms with E-state index in [1.54, 1.807) is 24.3 Å². The molecule has 0 spiro atoms. The van der Waals surface area contributed by atoms with Gasteiger partial charge in [0.25, 0.3) is 5.91 Å². The van der Waals surface area contributed by atoms with E-state index in [0.29, 0.717) is 12.2 Å². The van der Waals surface area contributed by atoms with Crippen molar-refractivity contribution in [3.63, 3.8) is 0 Å². The summed E-state index contributed by atoms with van der Waals surface area (Å²) in [5.41, 5.74) is -0.651. The molecule has 0 unspecified atom stereocenters. The van der Waals surface area contributed by atoms with Crippen LogP contribution in [0, 0.1) is 11.6 Å². The summed E-state index contributed by atoms with van der Waals surface area (Å²) in [6.07, 6.45) is 1.54. The second kappa shape index (κ2) is 8.83. The molecule has 1 heterocycles. The van der Waals surface area contributed by atoms with Crippen molar-refractivity contribution in [1.29, 1.82) is 0 Å². The lowest BCUT2D eigenvalue weighted by atomic mass is 10.1. The summed E-state index contributed by atoms with van der Waals surface area (Å²) >= 11 is 0. The van der Waals surface area contributed by atoms with Gasteiger partial charge in [-0.2, -0.15) is 0 Å². The molecule has 0 bridgehead atoms. The number of benzene rings is 2. The minimum atomic E-state index is -0.903. The van der Waals surface area contributed by atoms with E-state index in [1.807, 2.05) is 0 Å². The van der Waals surface area contributed by atoms with Crippen molar-refractivity contribution >= 4 is 16.8 Å². The van der Waals surface area contributed by atoms with Crippen LogP contribution in [-0.4, -0.2) is 35.8 Å². The van der Waals surface area contributed by atoms with Gasteiger partial charge in [0.05, 0.1) is 18.0 Å². The summed E-state index contributed by atoms with van der Waals surface area (Å²) in [5.74, 6) is -1.74. The Labute approximate surface area is 165 Å². The van der Waals surface area contributed by atoms with Gasteiger partial charge in [0.2, 0.25) is 5.43 Å². The fourth-order valence-electron chi connectivity index (χ4n) is 3.04. The fourth-order valence-corrected chi connectivity index (χ4v) is 3.04. The Bertz CT molecular complexity index is 1090. The largest absolute Gasteiger partial charge is 0.497 e. The van der Waals surface area contributed by atoms with E-state index >= 15 is 0 Å². The third kappa shape index (κ3) is 4.27. The number of amides is 1. The number of carbonyl (C=O) groups is 1. The Morgan fingerprint density at radius 3 is 2.48 bits per heavy atom. The summed E-state index contributed by atoms with van der Waals surface area (Å²) in [7, 11) is 1.53. The van der Waals surface area contributed by atoms with Crippen molar-refractivity contribution < 1.29 is 23.4 Å². The van der Waals surface area contributed by atoms with E-state index < -0.39 is 28.4 Å². The number of aliphatic hydroxyl groups is 1. The Hall–Kier alpha value is -3.26. The van der Waals surface area contributed by atoms with Gasteiger partial charge in [0.15, 0.2) is 0 Å². The van der Waals surface area contributed by atoms with Crippen LogP contribution in [0.4, 0.5) is 8.78 Å². The number of methoxy groups -OCH3 is 1. The van der Waals surface area contributed by atoms with Crippen LogP contribution in [0.2, 0.25) is 0 Å². The molecule has 6 nitrogen and oxygen atoms in total. The van der Waals surface area contributed by atoms with E-state index in [4.69, 9.17) is 9.84 Å². The minimum Gasteiger partial charge on any atom is -0.497 e. The molecule has 0 saturated heterocycles. The normalized spacial score (nSPS) is 10.9. The van der Waals surface area contributed by atoms with Crippen molar-refractivity contribution in [2.75, 3.05) is 20.3 Å². The van der Waals surface area contributed by atoms with Crippen molar-refractivity contribution in [3.8, 4) is 5.75 Å². The molecular weight excluding hydrogens is 382 g/mol. The molecule has 1 aromatic heterocycles. The van der Waals surface area contributed by atoms with Gasteiger partial charge < -0.3 is 19.7 Å². The number of halogens is 2. The van der Waals surface area contributed by atoms with Gasteiger partial charge in [0.1, 0.15) is 22.9 Å². The summed E-state index contributed by atoms with van der Waals surface area (Å²) in [6, 6.07) is 8.76. The highest BCUT2D eigenvalue weighted by Crippen LogP contribution is 2.21. The Kier molecular flexibility index (Phi) is 6.23. The maximum Gasteiger partial charge on any atom is 0.256 e. The lowest BCUT2D eigenvalue weighted by molar-refractivity contribution is 0.0949. The predicted molar refractivity (Wildman–Crippen MR) is 104 cm³/mol. The second-order valence-electron chi connectivity index (χ2n) is 6.43. The number of rotatable bonds is 7. The van der Waals surface area contributed by atoms with Gasteiger partial charge >= 0.3 is 0 Å². The van der Waals surface area contributed by atoms with Crippen molar-refractivity contribution in [3.05, 3.63) is 75.6 Å². The number of fused-ring (bicyclic) bond motifs is 1. The zero-order valence-corrected chi connectivity index (χ0v) is 15.7. The van der Waals surface area contributed by atoms with Crippen molar-refractivity contribution in [2.45, 2.75) is 13.0 Å². The van der Waals surface area contributed by atoms with Gasteiger partial charge in [-0.15, -0.1) is 0 Å². The number of aliphatic hydroxyl groups excluding tert-OH is 1. The first kappa shape index (κ1) is 20.5. The number of hydrogen-bond acceptors (Lipinski definition) is 4. The van der Waals surface area contributed by atoms with Gasteiger partial charge in [0, 0.05) is 25.9 Å². The van der Waals surface area contributed by atoms with Crippen LogP contribution in [0.1, 0.15) is 22.3 Å². The first-order valence-corrected chi connectivity index (χ1v) is 8.99. The van der Waals surface area contributed by atoms with Crippen molar-refractivity contribution in [2.24, 2.45) is 0 Å². The van der Waals surface area contributed by atoms with Crippen LogP contribution >= 0.6 is 0 Å². The second-order valence-corrected chi connectivity index (χ2v) is 6.43. The summed E-state index contributed by atoms with van der Waals surface area (Å²) < 4.78 is 35.4. The topological polar surface area (TPSA) is 80.6 Å². The molecule has 152 valence electrons. The lowest BCUT2D eigenvalue weighted by Gasteiger charge is -2.15. The maximum absolute atomic E-state index is 14.5. The Morgan fingerprint density at radius 1 is 1.14 bits per heavy atom. The molecule has 3 aromatic rings. The SMILES string of the molecule is COc1ccc(Cn2cc(C(=O)NCCCO)c(=O)c3c(F)ccc(F)c32)cc1. The smallest absolute Gasteiger partial charge is 0.256 e. The summed E-state index contributed by atoms with van der Waals surface area (Å²) in [5, 5.41) is 10.9. The number of nitrogens with one attached hydrogen (secondary N) is 1. The third-order valence-electron chi connectivity index (χ3n) is 4.50. The monoisotopic (exact) mass is 402 g/mol. The van der Waals surface area contributed by atoms with E-state index in [9.17, 15) is 18.4 Å². The molecular formula is C21H20F2N2O4. The number of pyridine rings is 1. The zero-order chi connectivity index (χ0) is 21.0. The number of aromatic nitrogens is 1. The highest BCUT2D eigenvalue weighted by molar-refractivity contribution is 5.97. The molecule has 3 rings (SSSR count). The first-order valence-electron chi connectivity index (χ1n) is 8.99. The molecule has 0 aliphatic carbocycles. The van der Waals surface area contributed by atoms with Crippen LogP contribution in [0.25, 0.3) is 10.9 Å². The number of ether oxygens (including phenoxy) is 1. The number of carbonyl (C=O) groups excluding carboxylic acids is 1. The first-order chi connectivity index (χ1) is 14.0. The molecule has 2 N–H and O–H groups in total. The van der Waals surface area contributed by atoms with Crippen LogP contribution in [0.15, 0.2) is 47.4 Å². The average molecular weight is 402 g/mol. The molecule has 2 aromatic carbocycles. The maximum atomic E-state index is 14.5. The van der Waals surface area contributed by atoms with E-state index in [2.05, 4.69) is 5.32 Å². The standard InChI is InChI=1S/C21H20F2N2O4/c1-29-14-5-3-13(4-6-14)11-25-12-15(21(28)24-9-2-10-26)20(27)18-16(22)7-8-17(23)19(18)25/h3-8,12,26H,2,9-11H2,1H3,(H,24,28). The van der Waals surface area contributed by atoms with Crippen LogP contribution in [-0.2, 0) is 6.54 Å². The highest BCUT2D eigenvalue weighted by Gasteiger charge is 2.20. The van der Waals surface area contributed by atoms with E-state index in [1.165, 1.54) is 17.9 Å². The quantitative estimate of drug-likeness (QED) is 0.595. The van der Waals surface area contributed by atoms with Crippen LogP contribution < -0.4 is 15.5 Å². The zero-order valence-electron chi connectivity index (χ0n) is 15.7. The fraction of sp³-hybridized carbons (Fsp3) is 0.238. The molecule has 0 aliphatic rings. The molecule has 0 radical (unpaired) electrons. The van der Waals surface area contributed by atoms with Crippen molar-refractivity contribution in [1.82, 2.24) is 9.88 Å². The summed E-state index contributed by atoms with van der Waals surface area (Å²) in [4.78, 5) is 25.1. The molecule has 0 saturated carbocycles. The van der Waals surface area contributed by atoms with Gasteiger partial charge in [-0.1, -0.05) is 12.1 Å². The van der Waals surface area contributed by atoms with Gasteiger partial charge in [-0.05, 0) is 36.2 Å². The van der Waals surface area contributed by atoms with E-state index in [-0.39, 0.29) is 30.8 Å². The number of nitrogens with zero attached hydrogens (tertiary/aromatic N) is 1. The molecule has 0 fully saturated rings. The number of hydrogen-bond donors (Lipinski definition) is 2. The van der Waals surface area contributed by atoms with Crippen LogP contribution in [0.3, 0.4) is 0 Å². The predicted octanol–water partition coefficient (Wildman–Crippen LogP) is 2.45. The third-order valence-corrected chi connectivity index (χ3v) is 4.50.